The molecule has 5 atom stereocenters. The first kappa shape index (κ1) is 44.3. The van der Waals surface area contributed by atoms with Crippen LogP contribution in [0.25, 0.3) is 0 Å². The lowest BCUT2D eigenvalue weighted by atomic mass is 9.65. The van der Waals surface area contributed by atoms with Gasteiger partial charge in [0.15, 0.2) is 0 Å². The number of amides is 2. The van der Waals surface area contributed by atoms with Crippen LogP contribution in [-0.2, 0) is 16.6 Å². The third-order valence-corrected chi connectivity index (χ3v) is 12.1. The standard InChI is InChI=1S/C39H59N7O2.C5H11N/c1-7-9-13-28-16-17-30-20-31(37(48)43-8-2)18-19-34(30)39(26(28)5,38(41)45-42)22-35(29-14-11-10-12-15-29)44-24-36(47)46-27(6)33(25(3)4)21-32(46)23-40;1-4-6-5(2)3/h7,9,18-20,25,27,29,32-33,35,44H,8,10-17,21-22,24,42H2,1-6H3,(H2,41,45)(H,43,48);6H,2,4H2,1,3H3/b9-7-;. The van der Waals surface area contributed by atoms with E-state index in [1.165, 1.54) is 12.0 Å². The van der Waals surface area contributed by atoms with Crippen molar-refractivity contribution < 1.29 is 9.59 Å². The lowest BCUT2D eigenvalue weighted by molar-refractivity contribution is -0.132. The Hall–Kier alpha value is -4.10. The number of hydrazone groups is 1. The van der Waals surface area contributed by atoms with Crippen LogP contribution in [0.1, 0.15) is 135 Å². The highest BCUT2D eigenvalue weighted by Crippen LogP contribution is 2.46. The topological polar surface area (TPSA) is 162 Å². The molecular weight excluding hydrogens is 673 g/mol. The van der Waals surface area contributed by atoms with Crippen LogP contribution in [0.4, 0.5) is 0 Å². The molecule has 2 amide bonds. The second-order valence-electron chi connectivity index (χ2n) is 15.9. The third kappa shape index (κ3) is 10.6. The number of nitriles is 1. The molecule has 1 saturated carbocycles. The molecule has 1 aromatic carbocycles. The summed E-state index contributed by atoms with van der Waals surface area (Å²) < 4.78 is 0. The van der Waals surface area contributed by atoms with Crippen LogP contribution in [0, 0.1) is 29.1 Å². The van der Waals surface area contributed by atoms with Crippen molar-refractivity contribution in [3.8, 4) is 6.07 Å². The quantitative estimate of drug-likeness (QED) is 0.0452. The molecule has 0 spiro atoms. The lowest BCUT2D eigenvalue weighted by Gasteiger charge is -2.42. The molecule has 54 heavy (non-hydrogen) atoms. The Kier molecular flexibility index (Phi) is 17.3. The maximum Gasteiger partial charge on any atom is 0.251 e. The Morgan fingerprint density at radius 1 is 1.15 bits per heavy atom. The number of fused-ring (bicyclic) bond motifs is 1. The van der Waals surface area contributed by atoms with Gasteiger partial charge in [0.25, 0.3) is 5.91 Å². The summed E-state index contributed by atoms with van der Waals surface area (Å²) in [4.78, 5) is 28.7. The Balaban J connectivity index is 0.00000120. The maximum atomic E-state index is 14.0. The number of hydrogen-bond acceptors (Lipinski definition) is 7. The van der Waals surface area contributed by atoms with E-state index in [0.29, 0.717) is 48.5 Å². The number of amidine groups is 1. The zero-order chi connectivity index (χ0) is 40.0. The van der Waals surface area contributed by atoms with Crippen molar-refractivity contribution in [3.63, 3.8) is 0 Å². The number of carbonyl (C=O) groups excluding carboxylic acids is 2. The van der Waals surface area contributed by atoms with Gasteiger partial charge in [-0.1, -0.05) is 69.1 Å². The fraction of sp³-hybridized carbons (Fsp3) is 0.636. The fourth-order valence-electron chi connectivity index (χ4n) is 9.21. The van der Waals surface area contributed by atoms with Crippen molar-refractivity contribution in [2.75, 3.05) is 19.6 Å². The van der Waals surface area contributed by atoms with Crippen molar-refractivity contribution in [2.24, 2.45) is 34.4 Å². The number of benzene rings is 1. The van der Waals surface area contributed by atoms with Gasteiger partial charge in [-0.15, -0.1) is 0 Å². The van der Waals surface area contributed by atoms with Crippen LogP contribution in [-0.4, -0.2) is 60.3 Å². The third-order valence-electron chi connectivity index (χ3n) is 12.1. The van der Waals surface area contributed by atoms with E-state index in [2.05, 4.69) is 86.5 Å². The van der Waals surface area contributed by atoms with Crippen molar-refractivity contribution in [3.05, 3.63) is 70.5 Å². The number of nitrogens with two attached hydrogens (primary N) is 2. The monoisotopic (exact) mass is 743 g/mol. The summed E-state index contributed by atoms with van der Waals surface area (Å²) in [5.74, 6) is 7.37. The van der Waals surface area contributed by atoms with E-state index in [1.807, 2.05) is 37.8 Å². The van der Waals surface area contributed by atoms with E-state index in [4.69, 9.17) is 11.6 Å². The lowest BCUT2D eigenvalue weighted by Crippen LogP contribution is -2.53. The molecule has 1 aromatic rings. The van der Waals surface area contributed by atoms with E-state index < -0.39 is 11.5 Å². The first-order valence-electron chi connectivity index (χ1n) is 20.4. The number of nitrogens with one attached hydrogen (secondary N) is 3. The van der Waals surface area contributed by atoms with E-state index in [9.17, 15) is 14.9 Å². The van der Waals surface area contributed by atoms with Crippen LogP contribution < -0.4 is 27.5 Å². The highest BCUT2D eigenvalue weighted by Gasteiger charge is 2.47. The highest BCUT2D eigenvalue weighted by atomic mass is 16.2. The second-order valence-corrected chi connectivity index (χ2v) is 15.9. The Bertz CT molecular complexity index is 1570. The summed E-state index contributed by atoms with van der Waals surface area (Å²) >= 11 is 0. The molecule has 2 aliphatic carbocycles. The number of carbonyl (C=O) groups is 2. The van der Waals surface area contributed by atoms with Crippen LogP contribution >= 0.6 is 0 Å². The van der Waals surface area contributed by atoms with E-state index in [1.54, 1.807) is 0 Å². The predicted octanol–water partition coefficient (Wildman–Crippen LogP) is 6.98. The van der Waals surface area contributed by atoms with Gasteiger partial charge < -0.3 is 32.4 Å². The molecule has 7 N–H and O–H groups in total. The first-order valence-corrected chi connectivity index (χ1v) is 20.4. The summed E-state index contributed by atoms with van der Waals surface area (Å²) in [7, 11) is 0. The molecule has 1 saturated heterocycles. The van der Waals surface area contributed by atoms with Gasteiger partial charge in [0.1, 0.15) is 11.9 Å². The fourth-order valence-corrected chi connectivity index (χ4v) is 9.21. The molecule has 2 fully saturated rings. The predicted molar refractivity (Wildman–Crippen MR) is 223 cm³/mol. The Labute approximate surface area is 326 Å². The van der Waals surface area contributed by atoms with Crippen molar-refractivity contribution in [1.29, 1.82) is 5.26 Å². The molecule has 1 aliphatic heterocycles. The van der Waals surface area contributed by atoms with Crippen LogP contribution in [0.3, 0.4) is 0 Å². The van der Waals surface area contributed by atoms with Gasteiger partial charge in [-0.3, -0.25) is 9.59 Å². The molecule has 0 aromatic heterocycles. The summed E-state index contributed by atoms with van der Waals surface area (Å²) in [6.45, 7) is 21.9. The Morgan fingerprint density at radius 2 is 1.83 bits per heavy atom. The van der Waals surface area contributed by atoms with E-state index in [0.717, 1.165) is 73.9 Å². The van der Waals surface area contributed by atoms with Crippen molar-refractivity contribution in [2.45, 2.75) is 143 Å². The molecule has 0 radical (unpaired) electrons. The van der Waals surface area contributed by atoms with Gasteiger partial charge in [0.05, 0.1) is 18.0 Å². The maximum absolute atomic E-state index is 14.0. The number of aryl methyl sites for hydroxylation is 1. The van der Waals surface area contributed by atoms with Crippen molar-refractivity contribution in [1.82, 2.24) is 20.9 Å². The molecule has 0 bridgehead atoms. The number of allylic oxidation sites excluding steroid dienone is 4. The summed E-state index contributed by atoms with van der Waals surface area (Å²) in [6, 6.07) is 7.92. The molecule has 10 heteroatoms. The minimum Gasteiger partial charge on any atom is -0.389 e. The van der Waals surface area contributed by atoms with Crippen LogP contribution in [0.2, 0.25) is 0 Å². The smallest absolute Gasteiger partial charge is 0.251 e. The number of hydrogen-bond donors (Lipinski definition) is 5. The zero-order valence-corrected chi connectivity index (χ0v) is 34.6. The molecule has 10 nitrogen and oxygen atoms in total. The summed E-state index contributed by atoms with van der Waals surface area (Å²) in [5.41, 5.74) is 12.4. The number of likely N-dealkylation sites (tertiary alicyclic amines) is 1. The summed E-state index contributed by atoms with van der Waals surface area (Å²) in [6.07, 6.45) is 13.6. The molecule has 5 unspecified atom stereocenters. The van der Waals surface area contributed by atoms with E-state index >= 15 is 0 Å². The average Bonchev–Trinajstić information content (AvgIpc) is 3.45. The average molecular weight is 743 g/mol. The minimum atomic E-state index is -0.825. The second kappa shape index (κ2) is 21.1. The van der Waals surface area contributed by atoms with Gasteiger partial charge >= 0.3 is 0 Å². The molecule has 4 rings (SSSR count). The van der Waals surface area contributed by atoms with Gasteiger partial charge in [-0.25, -0.2) is 0 Å². The van der Waals surface area contributed by atoms with Crippen LogP contribution in [0.5, 0.6) is 0 Å². The minimum absolute atomic E-state index is 0.00985. The largest absolute Gasteiger partial charge is 0.389 e. The first-order chi connectivity index (χ1) is 25.8. The van der Waals surface area contributed by atoms with Gasteiger partial charge in [0, 0.05) is 36.4 Å². The highest BCUT2D eigenvalue weighted by molar-refractivity contribution is 5.97. The van der Waals surface area contributed by atoms with E-state index in [-0.39, 0.29) is 30.4 Å². The number of rotatable bonds is 14. The molecule has 1 heterocycles. The van der Waals surface area contributed by atoms with Gasteiger partial charge in [-0.2, -0.15) is 10.4 Å². The van der Waals surface area contributed by atoms with Crippen LogP contribution in [0.15, 0.2) is 58.9 Å². The summed E-state index contributed by atoms with van der Waals surface area (Å²) in [5, 5.41) is 23.9. The Morgan fingerprint density at radius 3 is 2.39 bits per heavy atom. The van der Waals surface area contributed by atoms with Gasteiger partial charge in [0.2, 0.25) is 5.91 Å². The van der Waals surface area contributed by atoms with Crippen molar-refractivity contribution >= 4 is 17.6 Å². The normalized spacial score (nSPS) is 24.0. The molecule has 3 aliphatic rings. The zero-order valence-electron chi connectivity index (χ0n) is 34.6. The van der Waals surface area contributed by atoms with Gasteiger partial charge in [-0.05, 0) is 128 Å². The number of nitrogens with zero attached hydrogens (tertiary/aromatic N) is 3. The SMILES string of the molecule is C/C=C\CC1=C(C)C(CC(NCC(=O)N2C(C#N)CC(C(C)C)C2C)C2CCCCC2)(/C(N)=N/N)c2ccc(C(=O)NCC)cc2CC1.C=C(C)NCC. The molecule has 298 valence electrons. The molecular formula is C44H70N8O2.